The number of rotatable bonds is 3. The van der Waals surface area contributed by atoms with Crippen LogP contribution in [0.25, 0.3) is 0 Å². The summed E-state index contributed by atoms with van der Waals surface area (Å²) < 4.78 is 4.90. The second kappa shape index (κ2) is 4.93. The number of anilines is 1. The minimum atomic E-state index is -1.41. The monoisotopic (exact) mass is 264 g/mol. The number of hydrogen-bond donors (Lipinski definition) is 1. The molecule has 0 fully saturated rings. The van der Waals surface area contributed by atoms with E-state index in [9.17, 15) is 14.7 Å². The maximum Gasteiger partial charge on any atom is 0.291 e. The Kier molecular flexibility index (Phi) is 3.34. The minimum absolute atomic E-state index is 0.0472. The topological polar surface area (TPSA) is 82.4 Å². The average molecular weight is 265 g/mol. The first-order valence-corrected chi connectivity index (χ1v) is 5.31. The van der Waals surface area contributed by atoms with Crippen molar-refractivity contribution in [2.75, 3.05) is 5.32 Å². The molecule has 92 valence electrons. The number of carboxylic acids is 1. The van der Waals surface area contributed by atoms with Crippen LogP contribution in [0.3, 0.4) is 0 Å². The fourth-order valence-electron chi connectivity index (χ4n) is 1.36. The molecule has 0 aliphatic rings. The van der Waals surface area contributed by atoms with E-state index in [4.69, 9.17) is 16.0 Å². The van der Waals surface area contributed by atoms with Gasteiger partial charge in [0.1, 0.15) is 0 Å². The Balaban J connectivity index is 2.22. The average Bonchev–Trinajstić information content (AvgIpc) is 2.85. The number of nitrogens with one attached hydrogen (secondary N) is 1. The summed E-state index contributed by atoms with van der Waals surface area (Å²) in [5.41, 5.74) is 0.105. The normalized spacial score (nSPS) is 10.1. The fourth-order valence-corrected chi connectivity index (χ4v) is 1.55. The lowest BCUT2D eigenvalue weighted by molar-refractivity contribution is -0.255. The largest absolute Gasteiger partial charge is 0.545 e. The molecular weight excluding hydrogens is 258 g/mol. The van der Waals surface area contributed by atoms with Gasteiger partial charge in [-0.25, -0.2) is 0 Å². The smallest absolute Gasteiger partial charge is 0.291 e. The Morgan fingerprint density at radius 2 is 2.06 bits per heavy atom. The maximum atomic E-state index is 11.6. The summed E-state index contributed by atoms with van der Waals surface area (Å²) >= 11 is 5.68. The van der Waals surface area contributed by atoms with Crippen molar-refractivity contribution >= 4 is 29.2 Å². The van der Waals surface area contributed by atoms with Crippen LogP contribution in [0.15, 0.2) is 41.0 Å². The maximum absolute atomic E-state index is 11.6. The third-order valence-electron chi connectivity index (χ3n) is 2.19. The molecule has 18 heavy (non-hydrogen) atoms. The summed E-state index contributed by atoms with van der Waals surface area (Å²) in [4.78, 5) is 22.4. The molecule has 2 aromatic rings. The van der Waals surface area contributed by atoms with Gasteiger partial charge in [-0.15, -0.1) is 0 Å². The highest BCUT2D eigenvalue weighted by atomic mass is 35.5. The van der Waals surface area contributed by atoms with Gasteiger partial charge in [0.15, 0.2) is 5.76 Å². The molecule has 1 amide bonds. The van der Waals surface area contributed by atoms with E-state index in [-0.39, 0.29) is 16.3 Å². The third kappa shape index (κ3) is 2.52. The highest BCUT2D eigenvalue weighted by molar-refractivity contribution is 6.33. The van der Waals surface area contributed by atoms with E-state index in [0.717, 1.165) is 0 Å². The number of aromatic carboxylic acids is 1. The lowest BCUT2D eigenvalue weighted by atomic mass is 10.2. The first-order chi connectivity index (χ1) is 8.58. The quantitative estimate of drug-likeness (QED) is 0.912. The van der Waals surface area contributed by atoms with Gasteiger partial charge in [0.2, 0.25) is 0 Å². The Morgan fingerprint density at radius 1 is 1.28 bits per heavy atom. The summed E-state index contributed by atoms with van der Waals surface area (Å²) in [6.07, 6.45) is 1.36. The SMILES string of the molecule is O=C(Nc1ccc(Cl)c(C(=O)[O-])c1)c1ccco1. The van der Waals surface area contributed by atoms with Crippen molar-refractivity contribution in [1.29, 1.82) is 0 Å². The highest BCUT2D eigenvalue weighted by Gasteiger charge is 2.10. The van der Waals surface area contributed by atoms with Crippen LogP contribution in [0, 0.1) is 0 Å². The molecule has 6 heteroatoms. The van der Waals surface area contributed by atoms with Crippen molar-refractivity contribution in [3.63, 3.8) is 0 Å². The molecule has 1 aromatic heterocycles. The fraction of sp³-hybridized carbons (Fsp3) is 0. The van der Waals surface area contributed by atoms with Gasteiger partial charge in [0.05, 0.1) is 12.2 Å². The van der Waals surface area contributed by atoms with E-state index in [1.165, 1.54) is 30.5 Å². The van der Waals surface area contributed by atoms with Crippen molar-refractivity contribution in [1.82, 2.24) is 0 Å². The van der Waals surface area contributed by atoms with Gasteiger partial charge < -0.3 is 19.6 Å². The summed E-state index contributed by atoms with van der Waals surface area (Å²) in [5, 5.41) is 13.3. The zero-order chi connectivity index (χ0) is 13.1. The van der Waals surface area contributed by atoms with Crippen molar-refractivity contribution < 1.29 is 19.1 Å². The van der Waals surface area contributed by atoms with Crippen molar-refractivity contribution in [3.8, 4) is 0 Å². The molecular formula is C12H7ClNO4-. The Bertz CT molecular complexity index is 592. The number of carbonyl (C=O) groups excluding carboxylic acids is 2. The van der Waals surface area contributed by atoms with Gasteiger partial charge in [-0.2, -0.15) is 0 Å². The van der Waals surface area contributed by atoms with E-state index in [0.29, 0.717) is 5.69 Å². The molecule has 0 aliphatic carbocycles. The first kappa shape index (κ1) is 12.2. The number of benzene rings is 1. The summed E-state index contributed by atoms with van der Waals surface area (Å²) in [6, 6.07) is 7.13. The van der Waals surface area contributed by atoms with Gasteiger partial charge in [-0.1, -0.05) is 11.6 Å². The predicted octanol–water partition coefficient (Wildman–Crippen LogP) is 1.55. The van der Waals surface area contributed by atoms with Crippen molar-refractivity contribution in [3.05, 3.63) is 52.9 Å². The molecule has 1 heterocycles. The van der Waals surface area contributed by atoms with E-state index >= 15 is 0 Å². The molecule has 0 bridgehead atoms. The molecule has 0 atom stereocenters. The van der Waals surface area contributed by atoms with Gasteiger partial charge in [0.25, 0.3) is 5.91 Å². The molecule has 2 rings (SSSR count). The number of carbonyl (C=O) groups is 2. The zero-order valence-corrected chi connectivity index (χ0v) is 9.73. The van der Waals surface area contributed by atoms with Crippen LogP contribution in [0.4, 0.5) is 5.69 Å². The number of hydrogen-bond acceptors (Lipinski definition) is 4. The molecule has 1 aromatic carbocycles. The Labute approximate surface area is 107 Å². The lowest BCUT2D eigenvalue weighted by Gasteiger charge is -2.08. The van der Waals surface area contributed by atoms with E-state index in [1.807, 2.05) is 0 Å². The van der Waals surface area contributed by atoms with Gasteiger partial charge in [-0.3, -0.25) is 4.79 Å². The second-order valence-corrected chi connectivity index (χ2v) is 3.82. The van der Waals surface area contributed by atoms with Crippen LogP contribution in [0.2, 0.25) is 5.02 Å². The highest BCUT2D eigenvalue weighted by Crippen LogP contribution is 2.20. The van der Waals surface area contributed by atoms with Crippen molar-refractivity contribution in [2.45, 2.75) is 0 Å². The molecule has 0 aliphatic heterocycles. The minimum Gasteiger partial charge on any atom is -0.545 e. The Hall–Kier alpha value is -2.27. The summed E-state index contributed by atoms with van der Waals surface area (Å²) in [7, 11) is 0. The van der Waals surface area contributed by atoms with Crippen LogP contribution in [0.5, 0.6) is 0 Å². The molecule has 0 unspecified atom stereocenters. The second-order valence-electron chi connectivity index (χ2n) is 3.41. The van der Waals surface area contributed by atoms with E-state index < -0.39 is 11.9 Å². The molecule has 0 saturated heterocycles. The number of halogens is 1. The van der Waals surface area contributed by atoms with Crippen LogP contribution < -0.4 is 10.4 Å². The predicted molar refractivity (Wildman–Crippen MR) is 62.4 cm³/mol. The Morgan fingerprint density at radius 3 is 2.67 bits per heavy atom. The van der Waals surface area contributed by atoms with Gasteiger partial charge in [-0.05, 0) is 30.3 Å². The third-order valence-corrected chi connectivity index (χ3v) is 2.52. The van der Waals surface area contributed by atoms with Crippen LogP contribution in [-0.2, 0) is 0 Å². The molecule has 0 saturated carbocycles. The number of carboxylic acid groups (broad SMARTS) is 1. The molecule has 0 spiro atoms. The molecule has 1 N–H and O–H groups in total. The van der Waals surface area contributed by atoms with Gasteiger partial charge in [0, 0.05) is 16.3 Å². The standard InChI is InChI=1S/C12H8ClNO4/c13-9-4-3-7(6-8(9)12(16)17)14-11(15)10-2-1-5-18-10/h1-6H,(H,14,15)(H,16,17)/p-1. The molecule has 5 nitrogen and oxygen atoms in total. The van der Waals surface area contributed by atoms with Crippen LogP contribution >= 0.6 is 11.6 Å². The van der Waals surface area contributed by atoms with Crippen LogP contribution in [-0.4, -0.2) is 11.9 Å². The zero-order valence-electron chi connectivity index (χ0n) is 8.98. The van der Waals surface area contributed by atoms with E-state index in [2.05, 4.69) is 5.32 Å². The lowest BCUT2D eigenvalue weighted by Crippen LogP contribution is -2.23. The first-order valence-electron chi connectivity index (χ1n) is 4.93. The van der Waals surface area contributed by atoms with Crippen LogP contribution in [0.1, 0.15) is 20.9 Å². The summed E-state index contributed by atoms with van der Waals surface area (Å²) in [6.45, 7) is 0. The van der Waals surface area contributed by atoms with E-state index in [1.54, 1.807) is 6.07 Å². The van der Waals surface area contributed by atoms with Gasteiger partial charge >= 0.3 is 0 Å². The van der Waals surface area contributed by atoms with Crippen molar-refractivity contribution in [2.24, 2.45) is 0 Å². The summed E-state index contributed by atoms with van der Waals surface area (Å²) in [5.74, 6) is -1.76. The number of furan rings is 1. The molecule has 0 radical (unpaired) electrons. The number of amides is 1.